The lowest BCUT2D eigenvalue weighted by Gasteiger charge is -2.32. The monoisotopic (exact) mass is 282 g/mol. The second-order valence-electron chi connectivity index (χ2n) is 6.74. The molecular formula is C14H26N4O2. The number of nitrogens with zero attached hydrogens (tertiary/aromatic N) is 1. The first-order valence-corrected chi connectivity index (χ1v) is 7.44. The van der Waals surface area contributed by atoms with E-state index in [2.05, 4.69) is 16.0 Å². The van der Waals surface area contributed by atoms with Crippen molar-refractivity contribution in [2.45, 2.75) is 57.7 Å². The van der Waals surface area contributed by atoms with Gasteiger partial charge in [0.2, 0.25) is 5.91 Å². The summed E-state index contributed by atoms with van der Waals surface area (Å²) in [4.78, 5) is 25.7. The molecule has 0 saturated carbocycles. The summed E-state index contributed by atoms with van der Waals surface area (Å²) in [6, 6.07) is -0.0508. The average Bonchev–Trinajstić information content (AvgIpc) is 2.71. The van der Waals surface area contributed by atoms with Gasteiger partial charge in [0.25, 0.3) is 0 Å². The van der Waals surface area contributed by atoms with Crippen LogP contribution in [0.25, 0.3) is 0 Å². The van der Waals surface area contributed by atoms with Crippen LogP contribution in [-0.4, -0.2) is 54.1 Å². The molecular weight excluding hydrogens is 256 g/mol. The van der Waals surface area contributed by atoms with Gasteiger partial charge in [-0.3, -0.25) is 4.79 Å². The Morgan fingerprint density at radius 2 is 2.00 bits per heavy atom. The van der Waals surface area contributed by atoms with Gasteiger partial charge in [0.1, 0.15) is 0 Å². The maximum atomic E-state index is 12.0. The molecule has 2 fully saturated rings. The van der Waals surface area contributed by atoms with Crippen LogP contribution in [0.2, 0.25) is 0 Å². The van der Waals surface area contributed by atoms with Crippen molar-refractivity contribution in [3.8, 4) is 0 Å². The van der Waals surface area contributed by atoms with E-state index in [1.807, 2.05) is 25.7 Å². The van der Waals surface area contributed by atoms with Crippen molar-refractivity contribution < 1.29 is 9.59 Å². The molecule has 3 amide bonds. The van der Waals surface area contributed by atoms with Crippen LogP contribution in [0.3, 0.4) is 0 Å². The molecule has 2 atom stereocenters. The molecule has 2 aliphatic rings. The number of piperidine rings is 1. The third-order valence-electron chi connectivity index (χ3n) is 3.90. The van der Waals surface area contributed by atoms with E-state index in [4.69, 9.17) is 0 Å². The molecule has 2 unspecified atom stereocenters. The van der Waals surface area contributed by atoms with Crippen LogP contribution in [-0.2, 0) is 4.79 Å². The van der Waals surface area contributed by atoms with Crippen molar-refractivity contribution in [1.82, 2.24) is 20.9 Å². The van der Waals surface area contributed by atoms with Gasteiger partial charge in [0.05, 0.1) is 6.04 Å². The lowest BCUT2D eigenvalue weighted by Crippen LogP contribution is -2.52. The number of hydrogen-bond donors (Lipinski definition) is 3. The molecule has 0 radical (unpaired) electrons. The number of amides is 3. The molecule has 0 spiro atoms. The van der Waals surface area contributed by atoms with E-state index >= 15 is 0 Å². The SMILES string of the molecule is CC(C)(C)N1CC(NC(=O)NC2CCCNC2)CC1=O. The van der Waals surface area contributed by atoms with Crippen molar-refractivity contribution >= 4 is 11.9 Å². The lowest BCUT2D eigenvalue weighted by molar-refractivity contribution is -0.131. The number of carbonyl (C=O) groups is 2. The first kappa shape index (κ1) is 15.1. The van der Waals surface area contributed by atoms with Gasteiger partial charge in [-0.1, -0.05) is 0 Å². The molecule has 2 heterocycles. The molecule has 6 heteroatoms. The van der Waals surface area contributed by atoms with Crippen LogP contribution in [0.5, 0.6) is 0 Å². The highest BCUT2D eigenvalue weighted by molar-refractivity contribution is 5.82. The van der Waals surface area contributed by atoms with Crippen LogP contribution in [0.1, 0.15) is 40.0 Å². The quantitative estimate of drug-likeness (QED) is 0.688. The zero-order chi connectivity index (χ0) is 14.8. The van der Waals surface area contributed by atoms with E-state index in [9.17, 15) is 9.59 Å². The van der Waals surface area contributed by atoms with Crippen molar-refractivity contribution in [3.63, 3.8) is 0 Å². The summed E-state index contributed by atoms with van der Waals surface area (Å²) in [5.74, 6) is 0.113. The highest BCUT2D eigenvalue weighted by Crippen LogP contribution is 2.21. The van der Waals surface area contributed by atoms with Crippen molar-refractivity contribution in [2.75, 3.05) is 19.6 Å². The molecule has 2 aliphatic heterocycles. The van der Waals surface area contributed by atoms with Gasteiger partial charge >= 0.3 is 6.03 Å². The molecule has 2 saturated heterocycles. The number of carbonyl (C=O) groups excluding carboxylic acids is 2. The Kier molecular flexibility index (Phi) is 4.52. The van der Waals surface area contributed by atoms with Crippen LogP contribution in [0, 0.1) is 0 Å². The van der Waals surface area contributed by atoms with Crippen LogP contribution in [0.4, 0.5) is 4.79 Å². The van der Waals surface area contributed by atoms with Crippen molar-refractivity contribution in [3.05, 3.63) is 0 Å². The smallest absolute Gasteiger partial charge is 0.315 e. The molecule has 0 aromatic rings. The summed E-state index contributed by atoms with van der Waals surface area (Å²) < 4.78 is 0. The summed E-state index contributed by atoms with van der Waals surface area (Å²) in [6.45, 7) is 8.49. The van der Waals surface area contributed by atoms with Crippen molar-refractivity contribution in [2.24, 2.45) is 0 Å². The molecule has 20 heavy (non-hydrogen) atoms. The molecule has 0 bridgehead atoms. The summed E-state index contributed by atoms with van der Waals surface area (Å²) >= 11 is 0. The highest BCUT2D eigenvalue weighted by atomic mass is 16.2. The molecule has 6 nitrogen and oxygen atoms in total. The van der Waals surface area contributed by atoms with E-state index in [0.717, 1.165) is 25.9 Å². The lowest BCUT2D eigenvalue weighted by atomic mass is 10.1. The van der Waals surface area contributed by atoms with Gasteiger partial charge in [-0.2, -0.15) is 0 Å². The van der Waals surface area contributed by atoms with Gasteiger partial charge in [-0.05, 0) is 40.2 Å². The van der Waals surface area contributed by atoms with Gasteiger partial charge < -0.3 is 20.9 Å². The summed E-state index contributed by atoms with van der Waals surface area (Å²) in [5, 5.41) is 9.15. The molecule has 3 N–H and O–H groups in total. The molecule has 114 valence electrons. The largest absolute Gasteiger partial charge is 0.336 e. The average molecular weight is 282 g/mol. The second-order valence-corrected chi connectivity index (χ2v) is 6.74. The molecule has 0 aliphatic carbocycles. The normalized spacial score (nSPS) is 27.6. The molecule has 0 aromatic heterocycles. The summed E-state index contributed by atoms with van der Waals surface area (Å²) in [7, 11) is 0. The Morgan fingerprint density at radius 3 is 2.55 bits per heavy atom. The predicted molar refractivity (Wildman–Crippen MR) is 77.4 cm³/mol. The maximum Gasteiger partial charge on any atom is 0.315 e. The first-order valence-electron chi connectivity index (χ1n) is 7.44. The number of rotatable bonds is 2. The fourth-order valence-corrected chi connectivity index (χ4v) is 2.84. The Bertz CT molecular complexity index is 372. The highest BCUT2D eigenvalue weighted by Gasteiger charge is 2.36. The van der Waals surface area contributed by atoms with Gasteiger partial charge in [0.15, 0.2) is 0 Å². The van der Waals surface area contributed by atoms with E-state index in [0.29, 0.717) is 13.0 Å². The molecule has 0 aromatic carbocycles. The van der Waals surface area contributed by atoms with E-state index in [1.54, 1.807) is 0 Å². The summed E-state index contributed by atoms with van der Waals surface area (Å²) in [5.41, 5.74) is -0.183. The number of hydrogen-bond acceptors (Lipinski definition) is 3. The minimum atomic E-state index is -0.183. The predicted octanol–water partition coefficient (Wildman–Crippen LogP) is 0.437. The summed E-state index contributed by atoms with van der Waals surface area (Å²) in [6.07, 6.45) is 2.50. The third kappa shape index (κ3) is 3.85. The Balaban J connectivity index is 1.79. The first-order chi connectivity index (χ1) is 9.36. The van der Waals surface area contributed by atoms with Crippen LogP contribution in [0.15, 0.2) is 0 Å². The minimum Gasteiger partial charge on any atom is -0.336 e. The Hall–Kier alpha value is -1.30. The standard InChI is InChI=1S/C14H26N4O2/c1-14(2,3)18-9-11(7-12(18)19)17-13(20)16-10-5-4-6-15-8-10/h10-11,15H,4-9H2,1-3H3,(H2,16,17,20). The zero-order valence-corrected chi connectivity index (χ0v) is 12.7. The number of likely N-dealkylation sites (tertiary alicyclic amines) is 1. The second kappa shape index (κ2) is 5.99. The van der Waals surface area contributed by atoms with Gasteiger partial charge in [-0.15, -0.1) is 0 Å². The Morgan fingerprint density at radius 1 is 1.30 bits per heavy atom. The van der Waals surface area contributed by atoms with Crippen LogP contribution < -0.4 is 16.0 Å². The van der Waals surface area contributed by atoms with Gasteiger partial charge in [0, 0.05) is 31.1 Å². The third-order valence-corrected chi connectivity index (χ3v) is 3.90. The van der Waals surface area contributed by atoms with Crippen molar-refractivity contribution in [1.29, 1.82) is 0 Å². The zero-order valence-electron chi connectivity index (χ0n) is 12.7. The van der Waals surface area contributed by atoms with E-state index in [1.165, 1.54) is 0 Å². The van der Waals surface area contributed by atoms with Gasteiger partial charge in [-0.25, -0.2) is 4.79 Å². The topological polar surface area (TPSA) is 73.5 Å². The molecule has 2 rings (SSSR count). The van der Waals surface area contributed by atoms with E-state index in [-0.39, 0.29) is 29.6 Å². The minimum absolute atomic E-state index is 0.0849. The fourth-order valence-electron chi connectivity index (χ4n) is 2.84. The maximum absolute atomic E-state index is 12.0. The van der Waals surface area contributed by atoms with E-state index < -0.39 is 0 Å². The number of urea groups is 1. The Labute approximate surface area is 120 Å². The fraction of sp³-hybridized carbons (Fsp3) is 0.857. The number of nitrogens with one attached hydrogen (secondary N) is 3. The van der Waals surface area contributed by atoms with Crippen LogP contribution >= 0.6 is 0 Å².